The van der Waals surface area contributed by atoms with Gasteiger partial charge in [0.05, 0.1) is 24.1 Å². The van der Waals surface area contributed by atoms with E-state index >= 15 is 0 Å². The topological polar surface area (TPSA) is 66.2 Å². The summed E-state index contributed by atoms with van der Waals surface area (Å²) in [7, 11) is 1.90. The van der Waals surface area contributed by atoms with Gasteiger partial charge in [0.2, 0.25) is 0 Å². The van der Waals surface area contributed by atoms with Crippen molar-refractivity contribution in [1.29, 1.82) is 0 Å². The minimum absolute atomic E-state index is 0.306. The first kappa shape index (κ1) is 17.2. The highest BCUT2D eigenvalue weighted by atomic mass is 79.9. The zero-order valence-electron chi connectivity index (χ0n) is 14.3. The molecule has 26 heavy (non-hydrogen) atoms. The summed E-state index contributed by atoms with van der Waals surface area (Å²) in [6.45, 7) is 2.15. The van der Waals surface area contributed by atoms with Crippen molar-refractivity contribution in [2.75, 3.05) is 6.61 Å². The van der Waals surface area contributed by atoms with Crippen molar-refractivity contribution < 1.29 is 14.3 Å². The third-order valence-corrected chi connectivity index (χ3v) is 5.97. The van der Waals surface area contributed by atoms with Gasteiger partial charge in [-0.05, 0) is 53.4 Å². The quantitative estimate of drug-likeness (QED) is 0.571. The number of nitrogens with zero attached hydrogens (tertiary/aromatic N) is 3. The normalized spacial score (nSPS) is 12.4. The second-order valence-corrected chi connectivity index (χ2v) is 7.56. The number of hydrogen-bond donors (Lipinski definition) is 0. The predicted octanol–water partition coefficient (Wildman–Crippen LogP) is 4.37. The fourth-order valence-electron chi connectivity index (χ4n) is 3.19. The molecule has 0 bridgehead atoms. The largest absolute Gasteiger partial charge is 0.462 e. The molecule has 0 aromatic carbocycles. The molecule has 0 amide bonds. The number of rotatable bonds is 4. The van der Waals surface area contributed by atoms with Gasteiger partial charge in [-0.15, -0.1) is 0 Å². The van der Waals surface area contributed by atoms with Crippen LogP contribution in [0.15, 0.2) is 29.1 Å². The predicted molar refractivity (Wildman–Crippen MR) is 102 cm³/mol. The summed E-state index contributed by atoms with van der Waals surface area (Å²) in [4.78, 5) is 17.2. The number of thiophene rings is 1. The number of halogens is 1. The maximum Gasteiger partial charge on any atom is 0.348 e. The van der Waals surface area contributed by atoms with Crippen LogP contribution < -0.4 is 4.74 Å². The molecule has 3 heterocycles. The molecule has 0 unspecified atom stereocenters. The zero-order valence-corrected chi connectivity index (χ0v) is 16.7. The van der Waals surface area contributed by atoms with Gasteiger partial charge in [-0.3, -0.25) is 9.67 Å². The van der Waals surface area contributed by atoms with Crippen molar-refractivity contribution in [1.82, 2.24) is 14.8 Å². The van der Waals surface area contributed by atoms with E-state index in [1.54, 1.807) is 19.3 Å². The van der Waals surface area contributed by atoms with Crippen molar-refractivity contribution in [3.8, 4) is 22.1 Å². The first-order valence-corrected chi connectivity index (χ1v) is 9.83. The standard InChI is InChI=1S/C18H16BrN3O3S/c1-3-24-17(23)15-11-6-7-12-14(22(2)21-16(12)19)13(11)18(26-15)25-10-5-4-8-20-9-10/h4-5,8-9H,3,6-7H2,1-2H3. The van der Waals surface area contributed by atoms with Crippen molar-refractivity contribution in [3.05, 3.63) is 45.1 Å². The minimum atomic E-state index is -0.306. The Hall–Kier alpha value is -2.19. The van der Waals surface area contributed by atoms with E-state index in [-0.39, 0.29) is 5.97 Å². The molecule has 3 aromatic rings. The first-order chi connectivity index (χ1) is 12.6. The molecule has 0 saturated carbocycles. The summed E-state index contributed by atoms with van der Waals surface area (Å²) in [5.41, 5.74) is 3.99. The molecule has 1 aliphatic carbocycles. The maximum atomic E-state index is 12.5. The third-order valence-electron chi connectivity index (χ3n) is 4.24. The monoisotopic (exact) mass is 433 g/mol. The van der Waals surface area contributed by atoms with Gasteiger partial charge in [0.1, 0.15) is 15.2 Å². The summed E-state index contributed by atoms with van der Waals surface area (Å²) in [5.74, 6) is 0.319. The summed E-state index contributed by atoms with van der Waals surface area (Å²) >= 11 is 4.85. The molecule has 0 spiro atoms. The minimum Gasteiger partial charge on any atom is -0.462 e. The molecule has 6 nitrogen and oxygen atoms in total. The summed E-state index contributed by atoms with van der Waals surface area (Å²) in [6.07, 6.45) is 4.90. The molecular weight excluding hydrogens is 418 g/mol. The highest BCUT2D eigenvalue weighted by molar-refractivity contribution is 9.10. The van der Waals surface area contributed by atoms with Gasteiger partial charge in [-0.25, -0.2) is 4.79 Å². The maximum absolute atomic E-state index is 12.5. The molecular formula is C18H16BrN3O3S. The number of fused-ring (bicyclic) bond motifs is 3. The van der Waals surface area contributed by atoms with Crippen LogP contribution in [0.25, 0.3) is 11.3 Å². The highest BCUT2D eigenvalue weighted by Gasteiger charge is 2.33. The highest BCUT2D eigenvalue weighted by Crippen LogP contribution is 2.49. The summed E-state index contributed by atoms with van der Waals surface area (Å²) < 4.78 is 14.0. The first-order valence-electron chi connectivity index (χ1n) is 8.22. The van der Waals surface area contributed by atoms with Crippen LogP contribution in [-0.2, 0) is 24.6 Å². The van der Waals surface area contributed by atoms with Crippen LogP contribution in [0.5, 0.6) is 10.8 Å². The molecule has 1 aliphatic rings. The van der Waals surface area contributed by atoms with Gasteiger partial charge >= 0.3 is 5.97 Å². The van der Waals surface area contributed by atoms with E-state index in [2.05, 4.69) is 26.0 Å². The summed E-state index contributed by atoms with van der Waals surface area (Å²) in [5, 5.41) is 5.14. The lowest BCUT2D eigenvalue weighted by atomic mass is 9.91. The van der Waals surface area contributed by atoms with Crippen molar-refractivity contribution in [2.45, 2.75) is 19.8 Å². The molecule has 8 heteroatoms. The van der Waals surface area contributed by atoms with Crippen LogP contribution in [0, 0.1) is 0 Å². The van der Waals surface area contributed by atoms with E-state index in [4.69, 9.17) is 9.47 Å². The number of aryl methyl sites for hydroxylation is 1. The average Bonchev–Trinajstić information content (AvgIpc) is 3.14. The van der Waals surface area contributed by atoms with Gasteiger partial charge in [0.15, 0.2) is 5.06 Å². The van der Waals surface area contributed by atoms with Crippen molar-refractivity contribution in [2.24, 2.45) is 7.05 Å². The van der Waals surface area contributed by atoms with E-state index < -0.39 is 0 Å². The Kier molecular flexibility index (Phi) is 4.54. The Morgan fingerprint density at radius 3 is 2.92 bits per heavy atom. The van der Waals surface area contributed by atoms with Gasteiger partial charge < -0.3 is 9.47 Å². The van der Waals surface area contributed by atoms with E-state index in [0.717, 1.165) is 39.8 Å². The van der Waals surface area contributed by atoms with Crippen LogP contribution in [-0.4, -0.2) is 27.3 Å². The van der Waals surface area contributed by atoms with Gasteiger partial charge in [0.25, 0.3) is 0 Å². The number of aromatic nitrogens is 3. The lowest BCUT2D eigenvalue weighted by molar-refractivity contribution is 0.0531. The lowest BCUT2D eigenvalue weighted by Gasteiger charge is -2.16. The van der Waals surface area contributed by atoms with E-state index in [9.17, 15) is 4.79 Å². The van der Waals surface area contributed by atoms with Crippen LogP contribution in [0.1, 0.15) is 27.7 Å². The second-order valence-electron chi connectivity index (χ2n) is 5.83. The van der Waals surface area contributed by atoms with Crippen LogP contribution in [0.2, 0.25) is 0 Å². The summed E-state index contributed by atoms with van der Waals surface area (Å²) in [6, 6.07) is 3.65. The van der Waals surface area contributed by atoms with Gasteiger partial charge in [-0.2, -0.15) is 5.10 Å². The number of pyridine rings is 1. The molecule has 134 valence electrons. The molecule has 0 saturated heterocycles. The Labute approximate surface area is 162 Å². The van der Waals surface area contributed by atoms with Gasteiger partial charge in [-0.1, -0.05) is 11.3 Å². The number of carbonyl (C=O) groups is 1. The number of esters is 1. The molecule has 0 atom stereocenters. The average molecular weight is 434 g/mol. The Balaban J connectivity index is 1.89. The van der Waals surface area contributed by atoms with Crippen LogP contribution in [0.4, 0.5) is 0 Å². The SMILES string of the molecule is CCOC(=O)c1sc(Oc2cccnc2)c2c1CCc1c(Br)nn(C)c1-2. The van der Waals surface area contributed by atoms with Crippen molar-refractivity contribution >= 4 is 33.2 Å². The fourth-order valence-corrected chi connectivity index (χ4v) is 4.93. The molecule has 0 radical (unpaired) electrons. The number of hydrogen-bond acceptors (Lipinski definition) is 6. The second kappa shape index (κ2) is 6.85. The number of carbonyl (C=O) groups excluding carboxylic acids is 1. The Morgan fingerprint density at radius 1 is 1.38 bits per heavy atom. The lowest BCUT2D eigenvalue weighted by Crippen LogP contribution is -2.10. The van der Waals surface area contributed by atoms with E-state index in [0.29, 0.717) is 22.3 Å². The van der Waals surface area contributed by atoms with E-state index in [1.807, 2.05) is 23.9 Å². The zero-order chi connectivity index (χ0) is 18.3. The Bertz CT molecular complexity index is 981. The molecule has 0 fully saturated rings. The fraction of sp³-hybridized carbons (Fsp3) is 0.278. The van der Waals surface area contributed by atoms with Crippen LogP contribution in [0.3, 0.4) is 0 Å². The molecule has 4 rings (SSSR count). The van der Waals surface area contributed by atoms with Crippen LogP contribution >= 0.6 is 27.3 Å². The molecule has 0 N–H and O–H groups in total. The van der Waals surface area contributed by atoms with Gasteiger partial charge in [0, 0.05) is 18.8 Å². The third kappa shape index (κ3) is 2.83. The number of ether oxygens (including phenoxy) is 2. The Morgan fingerprint density at radius 2 is 2.19 bits per heavy atom. The van der Waals surface area contributed by atoms with E-state index in [1.165, 1.54) is 11.3 Å². The van der Waals surface area contributed by atoms with Crippen molar-refractivity contribution in [3.63, 3.8) is 0 Å². The molecule has 3 aromatic heterocycles. The molecule has 0 aliphatic heterocycles. The smallest absolute Gasteiger partial charge is 0.348 e.